The van der Waals surface area contributed by atoms with Crippen molar-refractivity contribution in [2.24, 2.45) is 0 Å². The molecular formula is C21H17Cl2N3O3S. The Hall–Kier alpha value is -2.74. The molecule has 0 fully saturated rings. The van der Waals surface area contributed by atoms with Gasteiger partial charge in [-0.3, -0.25) is 19.3 Å². The van der Waals surface area contributed by atoms with Gasteiger partial charge in [-0.15, -0.1) is 0 Å². The van der Waals surface area contributed by atoms with Gasteiger partial charge in [-0.25, -0.2) is 8.42 Å². The van der Waals surface area contributed by atoms with Crippen molar-refractivity contribution >= 4 is 49.8 Å². The minimum atomic E-state index is -3.95. The number of hydrogen-bond acceptors (Lipinski definition) is 3. The summed E-state index contributed by atoms with van der Waals surface area (Å²) >= 11 is 12.4. The first-order valence-corrected chi connectivity index (χ1v) is 11.2. The van der Waals surface area contributed by atoms with E-state index in [9.17, 15) is 13.2 Å². The van der Waals surface area contributed by atoms with E-state index in [2.05, 4.69) is 9.82 Å². The molecule has 9 heteroatoms. The third kappa shape index (κ3) is 3.84. The van der Waals surface area contributed by atoms with Gasteiger partial charge in [-0.2, -0.15) is 0 Å². The molecule has 0 spiro atoms. The topological polar surface area (TPSA) is 84.0 Å². The summed E-state index contributed by atoms with van der Waals surface area (Å²) < 4.78 is 29.9. The van der Waals surface area contributed by atoms with Crippen molar-refractivity contribution in [3.63, 3.8) is 0 Å². The number of nitrogens with one attached hydrogen (secondary N) is 2. The SMILES string of the molecule is Cc1c(Cl)cccc1S(=O)(=O)Nc1cc2c(=O)[nH]n(Cc3ccccc3)c2cc1Cl. The Balaban J connectivity index is 1.74. The summed E-state index contributed by atoms with van der Waals surface area (Å²) in [5.74, 6) is 0. The second-order valence-corrected chi connectivity index (χ2v) is 9.30. The Morgan fingerprint density at radius 2 is 1.73 bits per heavy atom. The molecule has 154 valence electrons. The van der Waals surface area contributed by atoms with Gasteiger partial charge in [0.2, 0.25) is 0 Å². The Kier molecular flexibility index (Phi) is 5.36. The number of H-pyrrole nitrogens is 1. The molecule has 0 saturated carbocycles. The maximum atomic E-state index is 12.9. The zero-order chi connectivity index (χ0) is 21.5. The minimum Gasteiger partial charge on any atom is -0.280 e. The predicted molar refractivity (Wildman–Crippen MR) is 120 cm³/mol. The normalized spacial score (nSPS) is 11.7. The molecule has 3 aromatic carbocycles. The van der Waals surface area contributed by atoms with Gasteiger partial charge in [0.05, 0.1) is 33.1 Å². The van der Waals surface area contributed by atoms with E-state index in [0.717, 1.165) is 5.56 Å². The van der Waals surface area contributed by atoms with E-state index in [-0.39, 0.29) is 21.2 Å². The van der Waals surface area contributed by atoms with Crippen LogP contribution in [0.5, 0.6) is 0 Å². The third-order valence-corrected chi connectivity index (χ3v) is 7.02. The summed E-state index contributed by atoms with van der Waals surface area (Å²) in [5, 5.41) is 3.62. The highest BCUT2D eigenvalue weighted by atomic mass is 35.5. The number of benzene rings is 3. The number of rotatable bonds is 5. The number of aromatic nitrogens is 2. The summed E-state index contributed by atoms with van der Waals surface area (Å²) in [7, 11) is -3.95. The predicted octanol–water partition coefficient (Wildman–Crippen LogP) is 4.79. The molecule has 0 saturated heterocycles. The lowest BCUT2D eigenvalue weighted by atomic mass is 10.2. The highest BCUT2D eigenvalue weighted by molar-refractivity contribution is 7.92. The van der Waals surface area contributed by atoms with Gasteiger partial charge in [0.1, 0.15) is 0 Å². The van der Waals surface area contributed by atoms with Crippen molar-refractivity contribution in [1.82, 2.24) is 9.78 Å². The number of hydrogen-bond donors (Lipinski definition) is 2. The average Bonchev–Trinajstić information content (AvgIpc) is 2.99. The van der Waals surface area contributed by atoms with Crippen LogP contribution in [-0.4, -0.2) is 18.2 Å². The number of anilines is 1. The molecular weight excluding hydrogens is 445 g/mol. The number of fused-ring (bicyclic) bond motifs is 1. The molecule has 0 amide bonds. The van der Waals surface area contributed by atoms with Crippen LogP contribution in [0.4, 0.5) is 5.69 Å². The van der Waals surface area contributed by atoms with Crippen molar-refractivity contribution in [2.75, 3.05) is 4.72 Å². The van der Waals surface area contributed by atoms with Gasteiger partial charge < -0.3 is 0 Å². The molecule has 4 aromatic rings. The van der Waals surface area contributed by atoms with E-state index in [4.69, 9.17) is 23.2 Å². The van der Waals surface area contributed by atoms with Gasteiger partial charge in [-0.05, 0) is 42.3 Å². The smallest absolute Gasteiger partial charge is 0.272 e. The quantitative estimate of drug-likeness (QED) is 0.447. The Morgan fingerprint density at radius 1 is 1.00 bits per heavy atom. The molecule has 0 bridgehead atoms. The van der Waals surface area contributed by atoms with Crippen LogP contribution >= 0.6 is 23.2 Å². The number of halogens is 2. The van der Waals surface area contributed by atoms with Crippen molar-refractivity contribution in [3.8, 4) is 0 Å². The van der Waals surface area contributed by atoms with Crippen LogP contribution in [0.2, 0.25) is 10.0 Å². The van der Waals surface area contributed by atoms with Gasteiger partial charge >= 0.3 is 0 Å². The first kappa shape index (κ1) is 20.5. The van der Waals surface area contributed by atoms with Crippen LogP contribution in [-0.2, 0) is 16.6 Å². The van der Waals surface area contributed by atoms with E-state index in [0.29, 0.717) is 28.0 Å². The Bertz CT molecular complexity index is 1410. The van der Waals surface area contributed by atoms with Crippen LogP contribution in [0.3, 0.4) is 0 Å². The van der Waals surface area contributed by atoms with Crippen LogP contribution in [0.15, 0.2) is 70.4 Å². The molecule has 2 N–H and O–H groups in total. The highest BCUT2D eigenvalue weighted by Crippen LogP contribution is 2.30. The monoisotopic (exact) mass is 461 g/mol. The van der Waals surface area contributed by atoms with E-state index >= 15 is 0 Å². The first-order valence-electron chi connectivity index (χ1n) is 9.00. The molecule has 1 heterocycles. The third-order valence-electron chi connectivity index (χ3n) is 4.79. The number of aromatic amines is 1. The molecule has 0 radical (unpaired) electrons. The molecule has 1 aromatic heterocycles. The zero-order valence-electron chi connectivity index (χ0n) is 15.8. The lowest BCUT2D eigenvalue weighted by molar-refractivity contribution is 0.600. The minimum absolute atomic E-state index is 0.0433. The summed E-state index contributed by atoms with van der Waals surface area (Å²) in [4.78, 5) is 12.5. The fourth-order valence-electron chi connectivity index (χ4n) is 3.26. The summed E-state index contributed by atoms with van der Waals surface area (Å²) in [6, 6.07) is 17.3. The lowest BCUT2D eigenvalue weighted by Gasteiger charge is -2.13. The molecule has 0 aliphatic heterocycles. The van der Waals surface area contributed by atoms with Crippen LogP contribution in [0.1, 0.15) is 11.1 Å². The maximum absolute atomic E-state index is 12.9. The van der Waals surface area contributed by atoms with Crippen LogP contribution in [0, 0.1) is 6.92 Å². The number of sulfonamides is 1. The van der Waals surface area contributed by atoms with Crippen molar-refractivity contribution in [3.05, 3.63) is 92.2 Å². The second kappa shape index (κ2) is 7.83. The van der Waals surface area contributed by atoms with E-state index in [1.54, 1.807) is 29.8 Å². The number of nitrogens with zero attached hydrogens (tertiary/aromatic N) is 1. The standard InChI is InChI=1S/C21H17Cl2N3O3S/c1-13-16(22)8-5-9-20(13)30(28,29)25-18-10-15-19(11-17(18)23)26(24-21(15)27)12-14-6-3-2-4-7-14/h2-11,25H,12H2,1H3,(H,24,27). The molecule has 30 heavy (non-hydrogen) atoms. The molecule has 4 rings (SSSR count). The molecule has 0 aliphatic carbocycles. The van der Waals surface area contributed by atoms with Crippen molar-refractivity contribution < 1.29 is 8.42 Å². The average molecular weight is 462 g/mol. The molecule has 0 aliphatic rings. The van der Waals surface area contributed by atoms with Crippen molar-refractivity contribution in [2.45, 2.75) is 18.4 Å². The molecule has 0 atom stereocenters. The van der Waals surface area contributed by atoms with Gasteiger partial charge in [-0.1, -0.05) is 59.6 Å². The zero-order valence-corrected chi connectivity index (χ0v) is 18.1. The Morgan fingerprint density at radius 3 is 2.47 bits per heavy atom. The van der Waals surface area contributed by atoms with Gasteiger partial charge in [0.25, 0.3) is 15.6 Å². The second-order valence-electron chi connectivity index (χ2n) is 6.83. The van der Waals surface area contributed by atoms with E-state index in [1.165, 1.54) is 12.1 Å². The first-order chi connectivity index (χ1) is 14.3. The highest BCUT2D eigenvalue weighted by Gasteiger charge is 2.21. The van der Waals surface area contributed by atoms with Gasteiger partial charge in [0.15, 0.2) is 0 Å². The Labute approximate surface area is 183 Å². The summed E-state index contributed by atoms with van der Waals surface area (Å²) in [6.45, 7) is 2.07. The molecule has 0 unspecified atom stereocenters. The fraction of sp³-hybridized carbons (Fsp3) is 0.0952. The van der Waals surface area contributed by atoms with Crippen LogP contribution in [0.25, 0.3) is 10.9 Å². The molecule has 6 nitrogen and oxygen atoms in total. The summed E-state index contributed by atoms with van der Waals surface area (Å²) in [5.41, 5.74) is 1.79. The van der Waals surface area contributed by atoms with Gasteiger partial charge in [0, 0.05) is 5.02 Å². The van der Waals surface area contributed by atoms with Crippen molar-refractivity contribution in [1.29, 1.82) is 0 Å². The maximum Gasteiger partial charge on any atom is 0.272 e. The largest absolute Gasteiger partial charge is 0.280 e. The van der Waals surface area contributed by atoms with E-state index in [1.807, 2.05) is 30.3 Å². The van der Waals surface area contributed by atoms with E-state index < -0.39 is 10.0 Å². The fourth-order valence-corrected chi connectivity index (χ4v) is 5.09. The lowest BCUT2D eigenvalue weighted by Crippen LogP contribution is -2.15. The summed E-state index contributed by atoms with van der Waals surface area (Å²) in [6.07, 6.45) is 0. The van der Waals surface area contributed by atoms with Crippen LogP contribution < -0.4 is 10.3 Å².